The van der Waals surface area contributed by atoms with Crippen LogP contribution in [0.4, 0.5) is 0 Å². The van der Waals surface area contributed by atoms with Gasteiger partial charge in [0.05, 0.1) is 125 Å². The molecule has 0 saturated heterocycles. The number of nitrogens with zero attached hydrogens (tertiary/aromatic N) is 8. The summed E-state index contributed by atoms with van der Waals surface area (Å²) in [6.45, 7) is 9.62. The number of pyridine rings is 2. The van der Waals surface area contributed by atoms with Gasteiger partial charge < -0.3 is 37.9 Å². The van der Waals surface area contributed by atoms with Gasteiger partial charge in [-0.15, -0.1) is 10.2 Å². The molecule has 338 valence electrons. The van der Waals surface area contributed by atoms with Crippen molar-refractivity contribution in [2.45, 2.75) is 13.2 Å². The molecule has 0 amide bonds. The molecule has 0 fully saturated rings. The van der Waals surface area contributed by atoms with Gasteiger partial charge in [0.1, 0.15) is 36.1 Å². The number of benzene rings is 4. The molecule has 4 aromatic heterocycles. The second-order valence-electron chi connectivity index (χ2n) is 15.2. The highest BCUT2D eigenvalue weighted by Gasteiger charge is 2.12. The molecule has 0 saturated carbocycles. The molecule has 14 bridgehead atoms. The van der Waals surface area contributed by atoms with Gasteiger partial charge in [-0.25, -0.2) is 19.3 Å². The molecule has 0 spiro atoms. The Morgan fingerprint density at radius 1 is 0.439 bits per heavy atom. The van der Waals surface area contributed by atoms with Gasteiger partial charge in [0, 0.05) is 21.9 Å². The Hall–Kier alpha value is -6.92. The van der Waals surface area contributed by atoms with E-state index in [1.807, 2.05) is 91.3 Å². The zero-order valence-corrected chi connectivity index (χ0v) is 36.5. The first-order valence-corrected chi connectivity index (χ1v) is 21.9. The maximum Gasteiger partial charge on any atom is 0.119 e. The Kier molecular flexibility index (Phi) is 15.0. The molecule has 0 unspecified atom stereocenters. The fraction of sp³-hybridized carbons (Fsp3) is 0.280. The lowest BCUT2D eigenvalue weighted by Gasteiger charge is -2.10. The molecule has 16 heteroatoms. The van der Waals surface area contributed by atoms with E-state index in [-0.39, 0.29) is 13.2 Å². The van der Waals surface area contributed by atoms with E-state index in [0.29, 0.717) is 90.7 Å². The molecular formula is C50H50N8O8. The number of fused-ring (bicyclic) bond motifs is 2. The van der Waals surface area contributed by atoms with Gasteiger partial charge in [-0.2, -0.15) is 0 Å². The van der Waals surface area contributed by atoms with Crippen LogP contribution in [0.2, 0.25) is 0 Å². The van der Waals surface area contributed by atoms with Crippen LogP contribution in [0.15, 0.2) is 122 Å². The highest BCUT2D eigenvalue weighted by molar-refractivity contribution is 6.04. The summed E-state index contributed by atoms with van der Waals surface area (Å²) in [4.78, 5) is 10.2. The van der Waals surface area contributed by atoms with Crippen molar-refractivity contribution in [1.29, 1.82) is 0 Å². The standard InChI is InChI=1S/C50H50N8O8/c1-2-36-29-43-31-44(30-36)58-33-42(54-56-58)35-64-24-22-60-18-20-62-26-28-66-46-13-7-38(8-14-46)48-16-10-40-4-3-39-9-15-47(51-49(39)50(40)52-48)37-5-11-45(12-6-37)65-27-25-61-19-17-59-21-23-63-34-41-32-57(43)55-53-41/h2-16,29-33H,1,17-28,34-35H2. The fourth-order valence-corrected chi connectivity index (χ4v) is 7.19. The Balaban J connectivity index is 0.818. The van der Waals surface area contributed by atoms with Crippen LogP contribution < -0.4 is 9.47 Å². The number of hydrogen-bond acceptors (Lipinski definition) is 14. The monoisotopic (exact) mass is 890 g/mol. The lowest BCUT2D eigenvalue weighted by atomic mass is 10.1. The largest absolute Gasteiger partial charge is 0.491 e. The average molecular weight is 891 g/mol. The van der Waals surface area contributed by atoms with Crippen LogP contribution in [0, 0.1) is 0 Å². The van der Waals surface area contributed by atoms with Crippen molar-refractivity contribution >= 4 is 27.9 Å². The maximum absolute atomic E-state index is 5.94. The molecule has 3 aliphatic rings. The quantitative estimate of drug-likeness (QED) is 0.149. The first-order chi connectivity index (χ1) is 32.6. The second-order valence-corrected chi connectivity index (χ2v) is 15.2. The number of rotatable bonds is 1. The molecule has 4 aromatic carbocycles. The van der Waals surface area contributed by atoms with Gasteiger partial charge in [-0.1, -0.05) is 47.3 Å². The van der Waals surface area contributed by atoms with Crippen molar-refractivity contribution in [2.24, 2.45) is 0 Å². The van der Waals surface area contributed by atoms with E-state index < -0.39 is 0 Å². The molecule has 0 aliphatic carbocycles. The van der Waals surface area contributed by atoms with Crippen LogP contribution in [-0.2, 0) is 41.6 Å². The predicted octanol–water partition coefficient (Wildman–Crippen LogP) is 7.49. The summed E-state index contributed by atoms with van der Waals surface area (Å²) in [5.41, 5.74) is 9.17. The molecule has 8 aromatic rings. The summed E-state index contributed by atoms with van der Waals surface area (Å²) in [7, 11) is 0. The van der Waals surface area contributed by atoms with E-state index in [2.05, 4.69) is 51.5 Å². The van der Waals surface area contributed by atoms with Crippen LogP contribution in [-0.4, -0.2) is 119 Å². The third-order valence-corrected chi connectivity index (χ3v) is 10.6. The Morgan fingerprint density at radius 2 is 0.833 bits per heavy atom. The van der Waals surface area contributed by atoms with Gasteiger partial charge in [0.25, 0.3) is 0 Å². The Labute approximate surface area is 381 Å². The number of hydrogen-bond donors (Lipinski definition) is 0. The van der Waals surface area contributed by atoms with Gasteiger partial charge in [0.15, 0.2) is 0 Å². The van der Waals surface area contributed by atoms with Crippen LogP contribution >= 0.6 is 0 Å². The van der Waals surface area contributed by atoms with E-state index in [0.717, 1.165) is 72.8 Å². The van der Waals surface area contributed by atoms with Crippen molar-refractivity contribution in [3.8, 4) is 45.4 Å². The molecule has 0 N–H and O–H groups in total. The molecule has 0 atom stereocenters. The van der Waals surface area contributed by atoms with Crippen molar-refractivity contribution in [1.82, 2.24) is 40.0 Å². The van der Waals surface area contributed by atoms with E-state index in [1.54, 1.807) is 15.4 Å². The third kappa shape index (κ3) is 11.7. The summed E-state index contributed by atoms with van der Waals surface area (Å²) in [6.07, 6.45) is 5.42. The molecule has 7 heterocycles. The zero-order chi connectivity index (χ0) is 44.8. The molecular weight excluding hydrogens is 841 g/mol. The minimum atomic E-state index is 0.288. The summed E-state index contributed by atoms with van der Waals surface area (Å²) < 4.78 is 49.7. The van der Waals surface area contributed by atoms with Crippen LogP contribution in [0.1, 0.15) is 17.0 Å². The summed E-state index contributed by atoms with van der Waals surface area (Å²) in [5, 5.41) is 19.3. The van der Waals surface area contributed by atoms with Crippen LogP contribution in [0.5, 0.6) is 11.5 Å². The van der Waals surface area contributed by atoms with Crippen molar-refractivity contribution in [3.05, 3.63) is 139 Å². The Bertz CT molecular complexity index is 2650. The summed E-state index contributed by atoms with van der Waals surface area (Å²) >= 11 is 0. The van der Waals surface area contributed by atoms with E-state index in [1.165, 1.54) is 0 Å². The molecule has 66 heavy (non-hydrogen) atoms. The SMILES string of the molecule is C=Cc1cc2cc(c1)-n1cc(nn1)COCCOCCOCCOc1ccc(cc1)-c1ccc3ccc4ccc(nc4c3n1)-c1ccc(cc1)OCCOCCOCCOCc1cn-2nn1. The van der Waals surface area contributed by atoms with Crippen molar-refractivity contribution in [2.75, 3.05) is 79.3 Å². The number of ether oxygens (including phenoxy) is 8. The van der Waals surface area contributed by atoms with Crippen molar-refractivity contribution < 1.29 is 37.9 Å². The minimum absolute atomic E-state index is 0.288. The highest BCUT2D eigenvalue weighted by atomic mass is 16.6. The van der Waals surface area contributed by atoms with Gasteiger partial charge >= 0.3 is 0 Å². The molecule has 16 nitrogen and oxygen atoms in total. The topological polar surface area (TPSA) is 161 Å². The molecule has 11 rings (SSSR count). The summed E-state index contributed by atoms with van der Waals surface area (Å²) in [5.74, 6) is 1.50. The van der Waals surface area contributed by atoms with E-state index in [9.17, 15) is 0 Å². The first kappa shape index (κ1) is 44.3. The average Bonchev–Trinajstić information content (AvgIpc) is 4.05. The molecule has 3 aliphatic heterocycles. The van der Waals surface area contributed by atoms with Crippen molar-refractivity contribution in [3.63, 3.8) is 0 Å². The predicted molar refractivity (Wildman–Crippen MR) is 248 cm³/mol. The number of aromatic nitrogens is 8. The van der Waals surface area contributed by atoms with Gasteiger partial charge in [0.2, 0.25) is 0 Å². The molecule has 0 radical (unpaired) electrons. The lowest BCUT2D eigenvalue weighted by molar-refractivity contribution is 0.00547. The lowest BCUT2D eigenvalue weighted by Crippen LogP contribution is -2.12. The Morgan fingerprint density at radius 3 is 1.26 bits per heavy atom. The maximum atomic E-state index is 5.94. The van der Waals surface area contributed by atoms with Crippen LogP contribution in [0.3, 0.4) is 0 Å². The van der Waals surface area contributed by atoms with E-state index in [4.69, 9.17) is 47.9 Å². The zero-order valence-electron chi connectivity index (χ0n) is 36.5. The summed E-state index contributed by atoms with van der Waals surface area (Å²) in [6, 6.07) is 34.1. The van der Waals surface area contributed by atoms with E-state index >= 15 is 0 Å². The third-order valence-electron chi connectivity index (χ3n) is 10.6. The normalized spacial score (nSPS) is 15.6. The highest BCUT2D eigenvalue weighted by Crippen LogP contribution is 2.30. The van der Waals surface area contributed by atoms with Crippen LogP contribution in [0.25, 0.3) is 61.8 Å². The van der Waals surface area contributed by atoms with Gasteiger partial charge in [-0.05, 0) is 84.4 Å². The minimum Gasteiger partial charge on any atom is -0.491 e. The fourth-order valence-electron chi connectivity index (χ4n) is 7.19. The first-order valence-electron chi connectivity index (χ1n) is 21.9. The second kappa shape index (κ2) is 22.3. The smallest absolute Gasteiger partial charge is 0.119 e. The van der Waals surface area contributed by atoms with Gasteiger partial charge in [-0.3, -0.25) is 0 Å².